The lowest BCUT2D eigenvalue weighted by Crippen LogP contribution is -2.40. The van der Waals surface area contributed by atoms with E-state index in [1.54, 1.807) is 13.2 Å². The van der Waals surface area contributed by atoms with Crippen LogP contribution in [0.3, 0.4) is 0 Å². The van der Waals surface area contributed by atoms with Gasteiger partial charge in [0.05, 0.1) is 19.3 Å². The van der Waals surface area contributed by atoms with E-state index in [1.165, 1.54) is 0 Å². The molecule has 0 fully saturated rings. The first-order valence-corrected chi connectivity index (χ1v) is 6.85. The molecule has 0 aliphatic rings. The monoisotopic (exact) mass is 279 g/mol. The Bertz CT molecular complexity index is 438. The van der Waals surface area contributed by atoms with Crippen LogP contribution < -0.4 is 5.32 Å². The van der Waals surface area contributed by atoms with Crippen LogP contribution in [0.1, 0.15) is 43.1 Å². The van der Waals surface area contributed by atoms with Gasteiger partial charge in [0, 0.05) is 12.7 Å². The molecular weight excluding hydrogens is 254 g/mol. The van der Waals surface area contributed by atoms with Gasteiger partial charge in [-0.2, -0.15) is 0 Å². The van der Waals surface area contributed by atoms with Crippen LogP contribution in [0.5, 0.6) is 0 Å². The molecule has 0 saturated carbocycles. The molecule has 4 heteroatoms. The van der Waals surface area contributed by atoms with E-state index in [0.717, 1.165) is 12.0 Å². The normalized spacial score (nSPS) is 13.1. The highest BCUT2D eigenvalue weighted by Gasteiger charge is 2.20. The molecule has 0 spiro atoms. The van der Waals surface area contributed by atoms with Crippen LogP contribution >= 0.6 is 0 Å². The number of rotatable bonds is 6. The lowest BCUT2D eigenvalue weighted by atomic mass is 9.88. The Kier molecular flexibility index (Phi) is 6.17. The number of carbonyl (C=O) groups is 1. The van der Waals surface area contributed by atoms with Crippen molar-refractivity contribution < 1.29 is 14.6 Å². The topological polar surface area (TPSA) is 58.6 Å². The van der Waals surface area contributed by atoms with Gasteiger partial charge in [0.1, 0.15) is 0 Å². The molecule has 1 rings (SSSR count). The molecule has 112 valence electrons. The van der Waals surface area contributed by atoms with Crippen molar-refractivity contribution in [3.63, 3.8) is 0 Å². The Hall–Kier alpha value is -1.39. The SMILES string of the molecule is COCc1cccc(C(=O)NC(CO)CC(C)(C)C)c1. The zero-order valence-electron chi connectivity index (χ0n) is 12.8. The van der Waals surface area contributed by atoms with Crippen LogP contribution in [-0.2, 0) is 11.3 Å². The van der Waals surface area contributed by atoms with E-state index >= 15 is 0 Å². The van der Waals surface area contributed by atoms with Crippen LogP contribution in [0.2, 0.25) is 0 Å². The van der Waals surface area contributed by atoms with Gasteiger partial charge in [0.2, 0.25) is 0 Å². The number of aliphatic hydroxyl groups is 1. The van der Waals surface area contributed by atoms with E-state index in [2.05, 4.69) is 26.1 Å². The highest BCUT2D eigenvalue weighted by molar-refractivity contribution is 5.94. The van der Waals surface area contributed by atoms with Gasteiger partial charge in [-0.3, -0.25) is 4.79 Å². The molecule has 0 saturated heterocycles. The maximum Gasteiger partial charge on any atom is 0.251 e. The third kappa shape index (κ3) is 5.72. The molecule has 20 heavy (non-hydrogen) atoms. The average molecular weight is 279 g/mol. The lowest BCUT2D eigenvalue weighted by molar-refractivity contribution is 0.0897. The number of ether oxygens (including phenoxy) is 1. The van der Waals surface area contributed by atoms with Crippen molar-refractivity contribution >= 4 is 5.91 Å². The van der Waals surface area contributed by atoms with Crippen LogP contribution in [0, 0.1) is 5.41 Å². The van der Waals surface area contributed by atoms with E-state index in [-0.39, 0.29) is 24.0 Å². The molecule has 1 aromatic carbocycles. The summed E-state index contributed by atoms with van der Waals surface area (Å²) in [6.45, 7) is 6.68. The maximum atomic E-state index is 12.2. The molecular formula is C16H25NO3. The van der Waals surface area contributed by atoms with Crippen molar-refractivity contribution in [1.82, 2.24) is 5.32 Å². The Morgan fingerprint density at radius 2 is 2.10 bits per heavy atom. The number of nitrogens with one attached hydrogen (secondary N) is 1. The van der Waals surface area contributed by atoms with Crippen LogP contribution in [-0.4, -0.2) is 30.8 Å². The van der Waals surface area contributed by atoms with Gasteiger partial charge < -0.3 is 15.2 Å². The minimum absolute atomic E-state index is 0.0541. The van der Waals surface area contributed by atoms with E-state index in [1.807, 2.05) is 18.2 Å². The fourth-order valence-electron chi connectivity index (χ4n) is 2.14. The minimum atomic E-state index is -0.228. The summed E-state index contributed by atoms with van der Waals surface area (Å²) in [5, 5.41) is 12.3. The summed E-state index contributed by atoms with van der Waals surface area (Å²) in [4.78, 5) is 12.2. The summed E-state index contributed by atoms with van der Waals surface area (Å²) >= 11 is 0. The zero-order valence-corrected chi connectivity index (χ0v) is 12.8. The van der Waals surface area contributed by atoms with Gasteiger partial charge in [0.25, 0.3) is 5.91 Å². The number of amides is 1. The molecule has 1 aromatic rings. The lowest BCUT2D eigenvalue weighted by Gasteiger charge is -2.25. The fourth-order valence-corrected chi connectivity index (χ4v) is 2.14. The highest BCUT2D eigenvalue weighted by atomic mass is 16.5. The van der Waals surface area contributed by atoms with Gasteiger partial charge in [-0.25, -0.2) is 0 Å². The van der Waals surface area contributed by atoms with Crippen molar-refractivity contribution in [1.29, 1.82) is 0 Å². The van der Waals surface area contributed by atoms with E-state index < -0.39 is 0 Å². The summed E-state index contributed by atoms with van der Waals surface area (Å²) in [5.41, 5.74) is 1.60. The predicted molar refractivity (Wildman–Crippen MR) is 79.6 cm³/mol. The van der Waals surface area contributed by atoms with Crippen molar-refractivity contribution in [2.24, 2.45) is 5.41 Å². The smallest absolute Gasteiger partial charge is 0.251 e. The largest absolute Gasteiger partial charge is 0.394 e. The predicted octanol–water partition coefficient (Wildman–Crippen LogP) is 2.36. The molecule has 0 radical (unpaired) electrons. The van der Waals surface area contributed by atoms with Gasteiger partial charge in [-0.05, 0) is 29.5 Å². The fraction of sp³-hybridized carbons (Fsp3) is 0.562. The standard InChI is InChI=1S/C16H25NO3/c1-16(2,3)9-14(10-18)17-15(19)13-7-5-6-12(8-13)11-20-4/h5-8,14,18H,9-11H2,1-4H3,(H,17,19). The maximum absolute atomic E-state index is 12.2. The Balaban J connectivity index is 2.71. The zero-order chi connectivity index (χ0) is 15.2. The Morgan fingerprint density at radius 1 is 1.40 bits per heavy atom. The van der Waals surface area contributed by atoms with Gasteiger partial charge in [-0.1, -0.05) is 32.9 Å². The first-order chi connectivity index (χ1) is 9.35. The second kappa shape index (κ2) is 7.41. The molecule has 1 unspecified atom stereocenters. The molecule has 0 bridgehead atoms. The molecule has 1 amide bonds. The highest BCUT2D eigenvalue weighted by Crippen LogP contribution is 2.20. The Morgan fingerprint density at radius 3 is 2.65 bits per heavy atom. The number of hydrogen-bond acceptors (Lipinski definition) is 3. The summed E-state index contributed by atoms with van der Waals surface area (Å²) in [6.07, 6.45) is 0.729. The van der Waals surface area contributed by atoms with Gasteiger partial charge in [0.15, 0.2) is 0 Å². The third-order valence-corrected chi connectivity index (χ3v) is 2.91. The minimum Gasteiger partial charge on any atom is -0.394 e. The molecule has 0 aliphatic heterocycles. The molecule has 4 nitrogen and oxygen atoms in total. The van der Waals surface area contributed by atoms with E-state index in [0.29, 0.717) is 12.2 Å². The summed E-state index contributed by atoms with van der Waals surface area (Å²) in [5.74, 6) is -0.161. The number of benzene rings is 1. The summed E-state index contributed by atoms with van der Waals surface area (Å²) in [7, 11) is 1.62. The molecule has 1 atom stereocenters. The number of methoxy groups -OCH3 is 1. The Labute approximate surface area is 121 Å². The second-order valence-corrected chi connectivity index (χ2v) is 6.25. The number of aliphatic hydroxyl groups excluding tert-OH is 1. The van der Waals surface area contributed by atoms with Crippen LogP contribution in [0.25, 0.3) is 0 Å². The van der Waals surface area contributed by atoms with Crippen LogP contribution in [0.4, 0.5) is 0 Å². The first kappa shape index (κ1) is 16.7. The number of hydrogen-bond donors (Lipinski definition) is 2. The summed E-state index contributed by atoms with van der Waals surface area (Å²) in [6, 6.07) is 7.10. The van der Waals surface area contributed by atoms with Crippen molar-refractivity contribution in [2.75, 3.05) is 13.7 Å². The van der Waals surface area contributed by atoms with Crippen LogP contribution in [0.15, 0.2) is 24.3 Å². The average Bonchev–Trinajstić information content (AvgIpc) is 2.37. The molecule has 0 aromatic heterocycles. The number of carbonyl (C=O) groups excluding carboxylic acids is 1. The van der Waals surface area contributed by atoms with Crippen molar-refractivity contribution in [3.8, 4) is 0 Å². The van der Waals surface area contributed by atoms with Gasteiger partial charge >= 0.3 is 0 Å². The third-order valence-electron chi connectivity index (χ3n) is 2.91. The van der Waals surface area contributed by atoms with Crippen molar-refractivity contribution in [3.05, 3.63) is 35.4 Å². The van der Waals surface area contributed by atoms with Crippen molar-refractivity contribution in [2.45, 2.75) is 39.8 Å². The van der Waals surface area contributed by atoms with Gasteiger partial charge in [-0.15, -0.1) is 0 Å². The molecule has 2 N–H and O–H groups in total. The quantitative estimate of drug-likeness (QED) is 0.840. The second-order valence-electron chi connectivity index (χ2n) is 6.25. The first-order valence-electron chi connectivity index (χ1n) is 6.85. The molecule has 0 heterocycles. The molecule has 0 aliphatic carbocycles. The van der Waals surface area contributed by atoms with E-state index in [9.17, 15) is 9.90 Å². The van der Waals surface area contributed by atoms with E-state index in [4.69, 9.17) is 4.74 Å². The summed E-state index contributed by atoms with van der Waals surface area (Å²) < 4.78 is 5.06.